The van der Waals surface area contributed by atoms with E-state index in [0.29, 0.717) is 25.8 Å². The van der Waals surface area contributed by atoms with E-state index in [4.69, 9.17) is 10.8 Å². The van der Waals surface area contributed by atoms with E-state index < -0.39 is 54.5 Å². The van der Waals surface area contributed by atoms with E-state index in [1.165, 1.54) is 4.90 Å². The van der Waals surface area contributed by atoms with Crippen LogP contribution in [0.25, 0.3) is 0 Å². The number of aliphatic hydroxyl groups is 1. The van der Waals surface area contributed by atoms with E-state index in [2.05, 4.69) is 23.3 Å². The predicted octanol–water partition coefficient (Wildman–Crippen LogP) is -1.67. The number of hydrogen-bond donors (Lipinski definition) is 6. The van der Waals surface area contributed by atoms with Gasteiger partial charge in [-0.2, -0.15) is 12.6 Å². The molecule has 1 aliphatic heterocycles. The number of nitrogens with zero attached hydrogens (tertiary/aromatic N) is 1. The van der Waals surface area contributed by atoms with Gasteiger partial charge in [0.1, 0.15) is 24.2 Å². The van der Waals surface area contributed by atoms with Crippen LogP contribution in [0.15, 0.2) is 0 Å². The molecule has 160 valence electrons. The molecule has 5 atom stereocenters. The molecule has 3 amide bonds. The molecule has 6 N–H and O–H groups in total. The van der Waals surface area contributed by atoms with E-state index in [9.17, 15) is 24.3 Å². The Morgan fingerprint density at radius 2 is 1.93 bits per heavy atom. The number of carboxylic acid groups (broad SMARTS) is 1. The molecule has 28 heavy (non-hydrogen) atoms. The van der Waals surface area contributed by atoms with Crippen molar-refractivity contribution in [2.75, 3.05) is 18.9 Å². The van der Waals surface area contributed by atoms with E-state index in [1.807, 2.05) is 6.92 Å². The number of nitrogens with one attached hydrogen (secondary N) is 2. The Morgan fingerprint density at radius 3 is 2.43 bits per heavy atom. The molecule has 0 aromatic carbocycles. The number of likely N-dealkylation sites (tertiary alicyclic amines) is 1. The number of aliphatic hydroxyl groups excluding tert-OH is 1. The van der Waals surface area contributed by atoms with Gasteiger partial charge in [-0.05, 0) is 18.8 Å². The lowest BCUT2D eigenvalue weighted by atomic mass is 9.98. The Balaban J connectivity index is 2.86. The largest absolute Gasteiger partial charge is 0.480 e. The molecular formula is C17H30N4O6S. The molecule has 10 nitrogen and oxygen atoms in total. The normalized spacial score (nSPS) is 20.8. The summed E-state index contributed by atoms with van der Waals surface area (Å²) in [5, 5.41) is 23.3. The van der Waals surface area contributed by atoms with E-state index in [1.54, 1.807) is 6.92 Å². The molecule has 11 heteroatoms. The SMILES string of the molecule is CCC(C)C(NC(=O)C1CCCN1C(=O)C(CS)NC(=O)C(N)CO)C(=O)O. The van der Waals surface area contributed by atoms with Crippen molar-refractivity contribution in [2.45, 2.75) is 57.3 Å². The topological polar surface area (TPSA) is 162 Å². The van der Waals surface area contributed by atoms with Gasteiger partial charge in [-0.1, -0.05) is 20.3 Å². The highest BCUT2D eigenvalue weighted by Gasteiger charge is 2.39. The number of nitrogens with two attached hydrogens (primary N) is 1. The van der Waals surface area contributed by atoms with Crippen molar-refractivity contribution in [1.82, 2.24) is 15.5 Å². The fourth-order valence-electron chi connectivity index (χ4n) is 2.98. The van der Waals surface area contributed by atoms with Gasteiger partial charge in [0, 0.05) is 12.3 Å². The molecule has 5 unspecified atom stereocenters. The van der Waals surface area contributed by atoms with E-state index in [0.717, 1.165) is 0 Å². The average molecular weight is 419 g/mol. The van der Waals surface area contributed by atoms with Crippen LogP contribution in [0, 0.1) is 5.92 Å². The highest BCUT2D eigenvalue weighted by atomic mass is 32.1. The lowest BCUT2D eigenvalue weighted by molar-refractivity contribution is -0.145. The second kappa shape index (κ2) is 11.2. The maximum atomic E-state index is 12.8. The van der Waals surface area contributed by atoms with Crippen molar-refractivity contribution in [1.29, 1.82) is 0 Å². The molecule has 0 bridgehead atoms. The number of amides is 3. The Bertz CT molecular complexity index is 590. The smallest absolute Gasteiger partial charge is 0.326 e. The predicted molar refractivity (Wildman–Crippen MR) is 105 cm³/mol. The van der Waals surface area contributed by atoms with Crippen molar-refractivity contribution in [3.8, 4) is 0 Å². The summed E-state index contributed by atoms with van der Waals surface area (Å²) in [4.78, 5) is 50.1. The summed E-state index contributed by atoms with van der Waals surface area (Å²) in [6, 6.07) is -4.03. The third-order valence-corrected chi connectivity index (χ3v) is 5.31. The number of thiol groups is 1. The van der Waals surface area contributed by atoms with Crippen LogP contribution >= 0.6 is 12.6 Å². The number of carbonyl (C=O) groups is 4. The van der Waals surface area contributed by atoms with E-state index >= 15 is 0 Å². The first kappa shape index (κ1) is 24.2. The minimum Gasteiger partial charge on any atom is -0.480 e. The molecule has 0 aliphatic carbocycles. The van der Waals surface area contributed by atoms with Crippen LogP contribution in [0.2, 0.25) is 0 Å². The number of carboxylic acids is 1. The van der Waals surface area contributed by atoms with Crippen LogP contribution in [-0.4, -0.2) is 81.9 Å². The van der Waals surface area contributed by atoms with E-state index in [-0.39, 0.29) is 11.7 Å². The van der Waals surface area contributed by atoms with Crippen LogP contribution in [-0.2, 0) is 19.2 Å². The molecule has 1 aliphatic rings. The zero-order valence-electron chi connectivity index (χ0n) is 16.1. The van der Waals surface area contributed by atoms with Gasteiger partial charge < -0.3 is 31.5 Å². The summed E-state index contributed by atoms with van der Waals surface area (Å²) in [5.41, 5.74) is 5.44. The Hall–Kier alpha value is -1.85. The minimum absolute atomic E-state index is 0.0157. The van der Waals surface area contributed by atoms with Gasteiger partial charge in [0.2, 0.25) is 17.7 Å². The number of rotatable bonds is 10. The monoisotopic (exact) mass is 418 g/mol. The first-order valence-corrected chi connectivity index (χ1v) is 9.92. The van der Waals surface area contributed by atoms with Crippen molar-refractivity contribution in [2.24, 2.45) is 11.7 Å². The van der Waals surface area contributed by atoms with Crippen molar-refractivity contribution in [3.05, 3.63) is 0 Å². The fourth-order valence-corrected chi connectivity index (χ4v) is 3.23. The summed E-state index contributed by atoms with van der Waals surface area (Å²) in [6.45, 7) is 3.30. The third-order valence-electron chi connectivity index (χ3n) is 4.95. The van der Waals surface area contributed by atoms with Crippen molar-refractivity contribution in [3.63, 3.8) is 0 Å². The van der Waals surface area contributed by atoms with Gasteiger partial charge >= 0.3 is 5.97 Å². The highest BCUT2D eigenvalue weighted by Crippen LogP contribution is 2.20. The third kappa shape index (κ3) is 6.08. The van der Waals surface area contributed by atoms with Crippen LogP contribution in [0.4, 0.5) is 0 Å². The number of hydrogen-bond acceptors (Lipinski definition) is 7. The Labute approximate surface area is 169 Å². The van der Waals surface area contributed by atoms with Gasteiger partial charge in [-0.3, -0.25) is 14.4 Å². The van der Waals surface area contributed by atoms with Crippen LogP contribution < -0.4 is 16.4 Å². The second-order valence-electron chi connectivity index (χ2n) is 6.93. The van der Waals surface area contributed by atoms with Gasteiger partial charge in [-0.15, -0.1) is 0 Å². The standard InChI is InChI=1S/C17H30N4O6S/c1-3-9(2)13(17(26)27)20-15(24)12-5-4-6-21(12)16(25)11(8-28)19-14(23)10(18)7-22/h9-13,22,28H,3-8,18H2,1-2H3,(H,19,23)(H,20,24)(H,26,27). The molecule has 0 radical (unpaired) electrons. The molecule has 0 aromatic heterocycles. The van der Waals surface area contributed by atoms with Gasteiger partial charge in [-0.25, -0.2) is 4.79 Å². The first-order valence-electron chi connectivity index (χ1n) is 9.29. The Kier molecular flexibility index (Phi) is 9.70. The van der Waals surface area contributed by atoms with Crippen LogP contribution in [0.1, 0.15) is 33.1 Å². The number of carbonyl (C=O) groups excluding carboxylic acids is 3. The summed E-state index contributed by atoms with van der Waals surface area (Å²) in [5.74, 6) is -3.14. The minimum atomic E-state index is -1.17. The number of aliphatic carboxylic acids is 1. The fraction of sp³-hybridized carbons (Fsp3) is 0.765. The molecule has 1 rings (SSSR count). The van der Waals surface area contributed by atoms with Gasteiger partial charge in [0.15, 0.2) is 0 Å². The lowest BCUT2D eigenvalue weighted by Crippen LogP contribution is -2.58. The van der Waals surface area contributed by atoms with Crippen molar-refractivity contribution < 1.29 is 29.4 Å². The molecule has 0 saturated carbocycles. The van der Waals surface area contributed by atoms with Gasteiger partial charge in [0.25, 0.3) is 0 Å². The molecule has 1 heterocycles. The summed E-state index contributed by atoms with van der Waals surface area (Å²) < 4.78 is 0. The maximum absolute atomic E-state index is 12.8. The van der Waals surface area contributed by atoms with Crippen molar-refractivity contribution >= 4 is 36.3 Å². The summed E-state index contributed by atoms with van der Waals surface area (Å²) in [7, 11) is 0. The first-order chi connectivity index (χ1) is 13.2. The zero-order valence-corrected chi connectivity index (χ0v) is 17.0. The van der Waals surface area contributed by atoms with Gasteiger partial charge in [0.05, 0.1) is 6.61 Å². The summed E-state index contributed by atoms with van der Waals surface area (Å²) >= 11 is 4.08. The molecule has 0 aromatic rings. The molecule has 0 spiro atoms. The molecule has 1 fully saturated rings. The molecule has 1 saturated heterocycles. The lowest BCUT2D eigenvalue weighted by Gasteiger charge is -2.30. The van der Waals surface area contributed by atoms with Crippen LogP contribution in [0.3, 0.4) is 0 Å². The summed E-state index contributed by atoms with van der Waals surface area (Å²) in [6.07, 6.45) is 1.55. The maximum Gasteiger partial charge on any atom is 0.326 e. The average Bonchev–Trinajstić information content (AvgIpc) is 3.17. The Morgan fingerprint density at radius 1 is 1.29 bits per heavy atom. The zero-order chi connectivity index (χ0) is 21.4. The highest BCUT2D eigenvalue weighted by molar-refractivity contribution is 7.80. The quantitative estimate of drug-likeness (QED) is 0.231. The van der Waals surface area contributed by atoms with Crippen LogP contribution in [0.5, 0.6) is 0 Å². The second-order valence-corrected chi connectivity index (χ2v) is 7.30. The molecular weight excluding hydrogens is 388 g/mol.